The number of rotatable bonds is 12. The van der Waals surface area contributed by atoms with Crippen LogP contribution in [0.25, 0.3) is 0 Å². The van der Waals surface area contributed by atoms with Gasteiger partial charge in [-0.3, -0.25) is 4.79 Å². The molecule has 152 valence electrons. The first-order chi connectivity index (χ1) is 13.6. The van der Waals surface area contributed by atoms with Crippen molar-refractivity contribution in [1.82, 2.24) is 0 Å². The average molecular weight is 383 g/mol. The molecule has 4 nitrogen and oxygen atoms in total. The van der Waals surface area contributed by atoms with Gasteiger partial charge in [0.05, 0.1) is 13.2 Å². The molecule has 0 radical (unpaired) electrons. The van der Waals surface area contributed by atoms with Crippen molar-refractivity contribution in [2.24, 2.45) is 0 Å². The lowest BCUT2D eigenvalue weighted by Crippen LogP contribution is -2.22. The number of hydrogen-bond donors (Lipinski definition) is 2. The van der Waals surface area contributed by atoms with Crippen LogP contribution in [0.5, 0.6) is 5.75 Å². The Kier molecular flexibility index (Phi) is 9.40. The van der Waals surface area contributed by atoms with Crippen LogP contribution in [-0.2, 0) is 11.2 Å². The third-order valence-electron chi connectivity index (χ3n) is 4.83. The Bertz CT molecular complexity index is 726. The molecule has 0 saturated heterocycles. The molecule has 0 fully saturated rings. The number of carbonyl (C=O) groups is 1. The van der Waals surface area contributed by atoms with Crippen molar-refractivity contribution in [3.8, 4) is 5.75 Å². The second-order valence-corrected chi connectivity index (χ2v) is 7.15. The zero-order valence-electron chi connectivity index (χ0n) is 17.5. The summed E-state index contributed by atoms with van der Waals surface area (Å²) < 4.78 is 5.78. The number of aryl methyl sites for hydroxylation is 2. The first-order valence-electron chi connectivity index (χ1n) is 10.5. The van der Waals surface area contributed by atoms with E-state index in [1.54, 1.807) is 0 Å². The number of ether oxygens (including phenoxy) is 1. The molecule has 0 heterocycles. The Balaban J connectivity index is 1.75. The van der Waals surface area contributed by atoms with E-state index in [0.29, 0.717) is 0 Å². The minimum absolute atomic E-state index is 0.0450. The van der Waals surface area contributed by atoms with Crippen molar-refractivity contribution >= 4 is 17.3 Å². The van der Waals surface area contributed by atoms with E-state index in [2.05, 4.69) is 30.5 Å². The summed E-state index contributed by atoms with van der Waals surface area (Å²) in [5.74, 6) is 0.828. The SMILES string of the molecule is CCCCCCCOc1ccc(NCC(=O)Nc2c(C)cccc2CC)cc1. The van der Waals surface area contributed by atoms with Gasteiger partial charge in [0, 0.05) is 11.4 Å². The Morgan fingerprint density at radius 2 is 1.71 bits per heavy atom. The molecule has 28 heavy (non-hydrogen) atoms. The molecule has 0 bridgehead atoms. The molecule has 2 aromatic rings. The summed E-state index contributed by atoms with van der Waals surface area (Å²) in [5, 5.41) is 6.21. The summed E-state index contributed by atoms with van der Waals surface area (Å²) in [4.78, 5) is 12.3. The number of anilines is 2. The molecule has 1 amide bonds. The molecule has 0 aliphatic heterocycles. The number of amides is 1. The van der Waals surface area contributed by atoms with Crippen molar-refractivity contribution in [3.63, 3.8) is 0 Å². The molecule has 0 spiro atoms. The van der Waals surface area contributed by atoms with E-state index in [1.165, 1.54) is 25.7 Å². The van der Waals surface area contributed by atoms with Crippen molar-refractivity contribution in [3.05, 3.63) is 53.6 Å². The van der Waals surface area contributed by atoms with E-state index in [-0.39, 0.29) is 12.5 Å². The highest BCUT2D eigenvalue weighted by atomic mass is 16.5. The summed E-state index contributed by atoms with van der Waals surface area (Å²) in [5.41, 5.74) is 4.08. The van der Waals surface area contributed by atoms with E-state index in [1.807, 2.05) is 43.3 Å². The highest BCUT2D eigenvalue weighted by Crippen LogP contribution is 2.21. The van der Waals surface area contributed by atoms with Crippen molar-refractivity contribution < 1.29 is 9.53 Å². The molecule has 4 heteroatoms. The molecule has 2 N–H and O–H groups in total. The standard InChI is InChI=1S/C24H34N2O2/c1-4-6-7-8-9-17-28-22-15-13-21(14-16-22)25-18-23(27)26-24-19(3)11-10-12-20(24)5-2/h10-16,25H,4-9,17-18H2,1-3H3,(H,26,27). The van der Waals surface area contributed by atoms with Crippen molar-refractivity contribution in [1.29, 1.82) is 0 Å². The van der Waals surface area contributed by atoms with Gasteiger partial charge in [0.15, 0.2) is 0 Å². The van der Waals surface area contributed by atoms with Crippen LogP contribution in [-0.4, -0.2) is 19.1 Å². The van der Waals surface area contributed by atoms with Crippen LogP contribution in [0, 0.1) is 6.92 Å². The summed E-state index contributed by atoms with van der Waals surface area (Å²) in [6.07, 6.45) is 7.06. The molecule has 0 unspecified atom stereocenters. The van der Waals surface area contributed by atoms with Gasteiger partial charge in [-0.15, -0.1) is 0 Å². The van der Waals surface area contributed by atoms with E-state index in [0.717, 1.165) is 47.7 Å². The Morgan fingerprint density at radius 1 is 0.964 bits per heavy atom. The summed E-state index contributed by atoms with van der Waals surface area (Å²) in [6.45, 7) is 7.33. The van der Waals surface area contributed by atoms with Crippen molar-refractivity contribution in [2.75, 3.05) is 23.8 Å². The minimum atomic E-state index is -0.0450. The Morgan fingerprint density at radius 3 is 2.43 bits per heavy atom. The Labute approximate surface area is 169 Å². The van der Waals surface area contributed by atoms with Gasteiger partial charge >= 0.3 is 0 Å². The highest BCUT2D eigenvalue weighted by Gasteiger charge is 2.08. The average Bonchev–Trinajstić information content (AvgIpc) is 2.71. The first kappa shape index (κ1) is 21.8. The Hall–Kier alpha value is -2.49. The minimum Gasteiger partial charge on any atom is -0.494 e. The van der Waals surface area contributed by atoms with Crippen LogP contribution in [0.1, 0.15) is 57.1 Å². The maximum Gasteiger partial charge on any atom is 0.243 e. The number of para-hydroxylation sites is 1. The molecule has 2 rings (SSSR count). The zero-order chi connectivity index (χ0) is 20.2. The third kappa shape index (κ3) is 7.26. The van der Waals surface area contributed by atoms with Crippen LogP contribution in [0.15, 0.2) is 42.5 Å². The van der Waals surface area contributed by atoms with E-state index >= 15 is 0 Å². The van der Waals surface area contributed by atoms with Crippen molar-refractivity contribution in [2.45, 2.75) is 59.3 Å². The number of hydrogen-bond acceptors (Lipinski definition) is 3. The molecule has 2 aromatic carbocycles. The monoisotopic (exact) mass is 382 g/mol. The predicted molar refractivity (Wildman–Crippen MR) is 118 cm³/mol. The fourth-order valence-corrected chi connectivity index (χ4v) is 3.13. The zero-order valence-corrected chi connectivity index (χ0v) is 17.5. The molecule has 0 saturated carbocycles. The van der Waals surface area contributed by atoms with E-state index in [9.17, 15) is 4.79 Å². The fourth-order valence-electron chi connectivity index (χ4n) is 3.13. The van der Waals surface area contributed by atoms with Gasteiger partial charge in [0.1, 0.15) is 5.75 Å². The number of benzene rings is 2. The molecule has 0 aliphatic carbocycles. The lowest BCUT2D eigenvalue weighted by Gasteiger charge is -2.14. The molecule has 0 atom stereocenters. The molecular formula is C24H34N2O2. The van der Waals surface area contributed by atoms with Gasteiger partial charge in [0.25, 0.3) is 0 Å². The fraction of sp³-hybridized carbons (Fsp3) is 0.458. The van der Waals surface area contributed by atoms with Gasteiger partial charge in [-0.05, 0) is 55.2 Å². The summed E-state index contributed by atoms with van der Waals surface area (Å²) in [6, 6.07) is 13.9. The quantitative estimate of drug-likeness (QED) is 0.446. The van der Waals surface area contributed by atoms with Crippen LogP contribution < -0.4 is 15.4 Å². The number of carbonyl (C=O) groups excluding carboxylic acids is 1. The lowest BCUT2D eigenvalue weighted by atomic mass is 10.1. The summed E-state index contributed by atoms with van der Waals surface area (Å²) >= 11 is 0. The molecule has 0 aromatic heterocycles. The lowest BCUT2D eigenvalue weighted by molar-refractivity contribution is -0.114. The van der Waals surface area contributed by atoms with Crippen LogP contribution >= 0.6 is 0 Å². The van der Waals surface area contributed by atoms with Gasteiger partial charge in [-0.25, -0.2) is 0 Å². The van der Waals surface area contributed by atoms with Gasteiger partial charge in [-0.1, -0.05) is 57.7 Å². The topological polar surface area (TPSA) is 50.4 Å². The number of unbranched alkanes of at least 4 members (excludes halogenated alkanes) is 4. The third-order valence-corrected chi connectivity index (χ3v) is 4.83. The van der Waals surface area contributed by atoms with E-state index < -0.39 is 0 Å². The molecular weight excluding hydrogens is 348 g/mol. The predicted octanol–water partition coefficient (Wildman–Crippen LogP) is 5.96. The van der Waals surface area contributed by atoms with Gasteiger partial charge in [-0.2, -0.15) is 0 Å². The van der Waals surface area contributed by atoms with Gasteiger partial charge in [0.2, 0.25) is 5.91 Å². The van der Waals surface area contributed by atoms with Crippen LogP contribution in [0.4, 0.5) is 11.4 Å². The normalized spacial score (nSPS) is 10.5. The van der Waals surface area contributed by atoms with Crippen LogP contribution in [0.3, 0.4) is 0 Å². The molecule has 0 aliphatic rings. The number of nitrogens with one attached hydrogen (secondary N) is 2. The maximum absolute atomic E-state index is 12.3. The van der Waals surface area contributed by atoms with Gasteiger partial charge < -0.3 is 15.4 Å². The van der Waals surface area contributed by atoms with E-state index in [4.69, 9.17) is 4.74 Å². The summed E-state index contributed by atoms with van der Waals surface area (Å²) in [7, 11) is 0. The largest absolute Gasteiger partial charge is 0.494 e. The second kappa shape index (κ2) is 12.1. The maximum atomic E-state index is 12.3. The second-order valence-electron chi connectivity index (χ2n) is 7.15. The first-order valence-corrected chi connectivity index (χ1v) is 10.5. The smallest absolute Gasteiger partial charge is 0.243 e. The van der Waals surface area contributed by atoms with Crippen LogP contribution in [0.2, 0.25) is 0 Å². The highest BCUT2D eigenvalue weighted by molar-refractivity contribution is 5.95.